The average molecular weight is 522 g/mol. The Kier molecular flexibility index (Phi) is 7.44. The van der Waals surface area contributed by atoms with Gasteiger partial charge in [-0.1, -0.05) is 53.0 Å². The number of esters is 1. The summed E-state index contributed by atoms with van der Waals surface area (Å²) in [6.45, 7) is 0.282. The number of β-lactam (4-membered cyclic amide) rings is 1. The van der Waals surface area contributed by atoms with Gasteiger partial charge in [-0.2, -0.15) is 0 Å². The number of alkyl halides is 3. The lowest BCUT2D eigenvalue weighted by molar-refractivity contribution is -0.153. The van der Waals surface area contributed by atoms with E-state index in [1.807, 2.05) is 0 Å². The summed E-state index contributed by atoms with van der Waals surface area (Å²) in [5.74, 6) is -0.475. The van der Waals surface area contributed by atoms with Crippen molar-refractivity contribution in [2.24, 2.45) is 0 Å². The minimum Gasteiger partial charge on any atom is -0.609 e. The van der Waals surface area contributed by atoms with Crippen LogP contribution in [0.2, 0.25) is 0 Å². The first-order chi connectivity index (χ1) is 15.0. The summed E-state index contributed by atoms with van der Waals surface area (Å²) >= 11 is 14.7. The first-order valence-corrected chi connectivity index (χ1v) is 11.3. The second-order valence-electron chi connectivity index (χ2n) is 6.64. The molecule has 2 aliphatic heterocycles. The number of ether oxygens (including phenoxy) is 2. The summed E-state index contributed by atoms with van der Waals surface area (Å²) in [5.41, 5.74) is -0.396. The Balaban J connectivity index is 1.75. The first-order valence-electron chi connectivity index (χ1n) is 8.96. The van der Waals surface area contributed by atoms with Crippen LogP contribution >= 0.6 is 34.8 Å². The Morgan fingerprint density at radius 3 is 2.53 bits per heavy atom. The van der Waals surface area contributed by atoms with E-state index in [0.717, 1.165) is 4.90 Å². The van der Waals surface area contributed by atoms with E-state index >= 15 is 0 Å². The third-order valence-electron chi connectivity index (χ3n) is 4.48. The molecule has 1 saturated heterocycles. The first kappa shape index (κ1) is 24.4. The molecule has 1 aromatic carbocycles. The van der Waals surface area contributed by atoms with Crippen molar-refractivity contribution in [3.63, 3.8) is 0 Å². The van der Waals surface area contributed by atoms with Gasteiger partial charge in [0.15, 0.2) is 18.6 Å². The van der Waals surface area contributed by atoms with Gasteiger partial charge < -0.3 is 19.3 Å². The number of hydrogen-bond acceptors (Lipinski definition) is 7. The van der Waals surface area contributed by atoms with Crippen molar-refractivity contribution in [2.75, 3.05) is 13.2 Å². The van der Waals surface area contributed by atoms with E-state index in [4.69, 9.17) is 44.3 Å². The van der Waals surface area contributed by atoms with Gasteiger partial charge >= 0.3 is 5.97 Å². The fraction of sp³-hybridized carbons (Fsp3) is 0.316. The molecule has 2 aliphatic rings. The molecule has 3 atom stereocenters. The van der Waals surface area contributed by atoms with Crippen molar-refractivity contribution in [1.82, 2.24) is 10.2 Å². The molecule has 0 aromatic heterocycles. The summed E-state index contributed by atoms with van der Waals surface area (Å²) in [4.78, 5) is 49.5. The average Bonchev–Trinajstić information content (AvgIpc) is 2.74. The molecule has 170 valence electrons. The highest BCUT2D eigenvalue weighted by molar-refractivity contribution is 7.96. The van der Waals surface area contributed by atoms with Crippen LogP contribution in [-0.4, -0.2) is 61.6 Å². The van der Waals surface area contributed by atoms with Crippen LogP contribution in [0.4, 0.5) is 0 Å². The van der Waals surface area contributed by atoms with Crippen molar-refractivity contribution < 1.29 is 33.2 Å². The lowest BCUT2D eigenvalue weighted by atomic mass is 10.0. The van der Waals surface area contributed by atoms with Crippen LogP contribution in [-0.2, 0) is 35.1 Å². The van der Waals surface area contributed by atoms with Gasteiger partial charge in [-0.15, -0.1) is 0 Å². The second-order valence-corrected chi connectivity index (χ2v) is 10.6. The van der Waals surface area contributed by atoms with Crippen LogP contribution in [0.1, 0.15) is 6.92 Å². The SMILES string of the molecule is CC1=C(C(=O)OCC(Cl)(Cl)Cl)N2C(=O)C(NC(=O)COc3ccccc3)[C@H]2[S+]([O-])C1=C=O. The van der Waals surface area contributed by atoms with E-state index in [-0.39, 0.29) is 16.2 Å². The predicted octanol–water partition coefficient (Wildman–Crippen LogP) is 1.38. The second kappa shape index (κ2) is 9.74. The number of amides is 2. The number of hydrogen-bond donors (Lipinski definition) is 1. The number of carbonyl (C=O) groups excluding carboxylic acids is 4. The molecule has 1 fully saturated rings. The molecule has 0 aliphatic carbocycles. The number of benzene rings is 1. The Bertz CT molecular complexity index is 1020. The van der Waals surface area contributed by atoms with Gasteiger partial charge in [0.25, 0.3) is 11.8 Å². The van der Waals surface area contributed by atoms with Gasteiger partial charge in [-0.05, 0) is 19.1 Å². The summed E-state index contributed by atoms with van der Waals surface area (Å²) in [7, 11) is 0. The van der Waals surface area contributed by atoms with Crippen LogP contribution in [0, 0.1) is 0 Å². The fourth-order valence-corrected chi connectivity index (χ4v) is 4.80. The zero-order chi connectivity index (χ0) is 23.6. The van der Waals surface area contributed by atoms with Crippen molar-refractivity contribution in [2.45, 2.75) is 22.1 Å². The zero-order valence-corrected chi connectivity index (χ0v) is 19.4. The summed E-state index contributed by atoms with van der Waals surface area (Å²) in [5, 5.41) is 1.20. The molecule has 3 rings (SSSR count). The highest BCUT2D eigenvalue weighted by atomic mass is 35.6. The minimum absolute atomic E-state index is 0.0607. The molecule has 0 bridgehead atoms. The van der Waals surface area contributed by atoms with Crippen LogP contribution in [0.25, 0.3) is 0 Å². The molecule has 0 radical (unpaired) electrons. The van der Waals surface area contributed by atoms with Gasteiger partial charge in [0.05, 0.1) is 0 Å². The Morgan fingerprint density at radius 1 is 1.28 bits per heavy atom. The van der Waals surface area contributed by atoms with Crippen LogP contribution < -0.4 is 10.1 Å². The molecule has 0 spiro atoms. The standard InChI is InChI=1S/C19H15Cl3N2O7S/c1-10-12(7-25)32(29)17-14(23-13(26)8-30-11-5-3-2-4-6-11)16(27)24(17)15(10)18(28)31-9-19(20,21)22/h2-6,14,17H,8-9H2,1H3,(H,23,26)/t14?,17-,32?/m1/s1. The van der Waals surface area contributed by atoms with Gasteiger partial charge in [0, 0.05) is 16.7 Å². The van der Waals surface area contributed by atoms with Crippen molar-refractivity contribution in [3.8, 4) is 5.75 Å². The summed E-state index contributed by atoms with van der Waals surface area (Å²) in [6, 6.07) is 7.24. The maximum atomic E-state index is 12.8. The minimum atomic E-state index is -2.06. The molecule has 1 N–H and O–H groups in total. The lowest BCUT2D eigenvalue weighted by Gasteiger charge is -2.48. The van der Waals surface area contributed by atoms with Crippen molar-refractivity contribution >= 4 is 69.7 Å². The van der Waals surface area contributed by atoms with Crippen LogP contribution in [0.15, 0.2) is 46.5 Å². The third-order valence-corrected chi connectivity index (χ3v) is 6.52. The van der Waals surface area contributed by atoms with Gasteiger partial charge in [-0.3, -0.25) is 14.5 Å². The van der Waals surface area contributed by atoms with Gasteiger partial charge in [0.2, 0.25) is 14.1 Å². The number of carbonyl (C=O) groups is 3. The smallest absolute Gasteiger partial charge is 0.355 e. The number of halogens is 3. The molecular weight excluding hydrogens is 507 g/mol. The monoisotopic (exact) mass is 520 g/mol. The molecule has 2 amide bonds. The number of allylic oxidation sites excluding steroid dienone is 1. The van der Waals surface area contributed by atoms with Crippen molar-refractivity contribution in [1.29, 1.82) is 0 Å². The molecule has 9 nitrogen and oxygen atoms in total. The maximum Gasteiger partial charge on any atom is 0.355 e. The van der Waals surface area contributed by atoms with E-state index < -0.39 is 57.4 Å². The van der Waals surface area contributed by atoms with E-state index in [2.05, 4.69) is 5.32 Å². The highest BCUT2D eigenvalue weighted by Crippen LogP contribution is 2.41. The van der Waals surface area contributed by atoms with E-state index in [9.17, 15) is 23.7 Å². The Morgan fingerprint density at radius 2 is 1.94 bits per heavy atom. The van der Waals surface area contributed by atoms with Gasteiger partial charge in [-0.25, -0.2) is 9.59 Å². The summed E-state index contributed by atoms with van der Waals surface area (Å²) < 4.78 is 21.1. The van der Waals surface area contributed by atoms with Crippen molar-refractivity contribution in [3.05, 3.63) is 46.5 Å². The van der Waals surface area contributed by atoms with Gasteiger partial charge in [0.1, 0.15) is 18.1 Å². The van der Waals surface area contributed by atoms with E-state index in [1.165, 1.54) is 12.9 Å². The molecule has 1 aromatic rings. The Labute approximate surface area is 200 Å². The number of rotatable bonds is 6. The zero-order valence-electron chi connectivity index (χ0n) is 16.3. The highest BCUT2D eigenvalue weighted by Gasteiger charge is 2.63. The van der Waals surface area contributed by atoms with Crippen LogP contribution in [0.5, 0.6) is 5.75 Å². The molecule has 2 unspecified atom stereocenters. The quantitative estimate of drug-likeness (QED) is 0.197. The van der Waals surface area contributed by atoms with E-state index in [0.29, 0.717) is 5.75 Å². The number of para-hydroxylation sites is 1. The number of nitrogens with one attached hydrogen (secondary N) is 1. The number of nitrogens with zero attached hydrogens (tertiary/aromatic N) is 1. The normalized spacial score (nSPS) is 22.5. The van der Waals surface area contributed by atoms with Crippen LogP contribution in [0.3, 0.4) is 0 Å². The Hall–Kier alpha value is -2.20. The van der Waals surface area contributed by atoms with E-state index in [1.54, 1.807) is 30.3 Å². The lowest BCUT2D eigenvalue weighted by Crippen LogP contribution is -2.74. The molecule has 2 heterocycles. The maximum absolute atomic E-state index is 12.8. The topological polar surface area (TPSA) is 125 Å². The molecule has 0 saturated carbocycles. The molecule has 13 heteroatoms. The summed E-state index contributed by atoms with van der Waals surface area (Å²) in [6.07, 6.45) is 0. The largest absolute Gasteiger partial charge is 0.609 e. The number of fused-ring (bicyclic) bond motifs is 1. The fourth-order valence-electron chi connectivity index (χ4n) is 3.08. The molecule has 32 heavy (non-hydrogen) atoms. The predicted molar refractivity (Wildman–Crippen MR) is 116 cm³/mol. The molecular formula is C19H15Cl3N2O7S. The third kappa shape index (κ3) is 5.06.